The molecule has 0 aromatic heterocycles. The van der Waals surface area contributed by atoms with E-state index in [0.717, 1.165) is 42.5 Å². The minimum atomic E-state index is 0.401. The minimum absolute atomic E-state index is 0.401. The third-order valence-corrected chi connectivity index (χ3v) is 9.72. The molecule has 2 saturated carbocycles. The highest BCUT2D eigenvalue weighted by atomic mass is 31.0. The van der Waals surface area contributed by atoms with Gasteiger partial charge < -0.3 is 14.0 Å². The Bertz CT molecular complexity index is 1050. The van der Waals surface area contributed by atoms with Crippen LogP contribution in [0.5, 0.6) is 17.2 Å². The van der Waals surface area contributed by atoms with Crippen molar-refractivity contribution in [2.75, 3.05) is 13.7 Å². The molecule has 0 bridgehead atoms. The molecule has 5 rings (SSSR count). The Morgan fingerprint density at radius 1 is 1.12 bits per heavy atom. The van der Waals surface area contributed by atoms with Gasteiger partial charge in [-0.25, -0.2) is 0 Å². The molecule has 34 heavy (non-hydrogen) atoms. The zero-order valence-electron chi connectivity index (χ0n) is 20.6. The lowest BCUT2D eigenvalue weighted by atomic mass is 9.51. The molecule has 3 aliphatic carbocycles. The quantitative estimate of drug-likeness (QED) is 0.321. The minimum Gasteiger partial charge on any atom is -0.496 e. The average molecular weight is 481 g/mol. The van der Waals surface area contributed by atoms with E-state index >= 15 is 0 Å². The van der Waals surface area contributed by atoms with Crippen molar-refractivity contribution in [2.24, 2.45) is 29.1 Å². The molecule has 0 radical (unpaired) electrons. The molecule has 2 fully saturated rings. The molecule has 0 amide bonds. The largest absolute Gasteiger partial charge is 0.496 e. The number of methoxy groups -OCH3 is 1. The van der Waals surface area contributed by atoms with Gasteiger partial charge in [-0.05, 0) is 109 Å². The van der Waals surface area contributed by atoms with Gasteiger partial charge in [-0.2, -0.15) is 0 Å². The summed E-state index contributed by atoms with van der Waals surface area (Å²) in [6, 6.07) is 12.2. The van der Waals surface area contributed by atoms with Gasteiger partial charge in [0, 0.05) is 6.07 Å². The monoisotopic (exact) mass is 480 g/mol. The van der Waals surface area contributed by atoms with Crippen molar-refractivity contribution in [1.29, 1.82) is 0 Å². The Morgan fingerprint density at radius 2 is 1.94 bits per heavy atom. The van der Waals surface area contributed by atoms with E-state index in [1.54, 1.807) is 18.7 Å². The predicted octanol–water partition coefficient (Wildman–Crippen LogP) is 6.86. The molecule has 3 aliphatic rings. The van der Waals surface area contributed by atoms with Crippen molar-refractivity contribution in [2.45, 2.75) is 58.3 Å². The standard InChI is InChI=1S/C29H37O4P/c1-18-14-20-15-23(33-34)7-8-24(20)25-10-12-29(2)21(5-9-26(29)28(18)25)11-13-32-22-6-4-19(17-30)27(16-22)31-3/h4,6-8,15-18,21,25-26,28H,5,9-14,34H2,1-3H3/t18?,21-,25?,26?,28?,29?/m1/s1. The number of aldehydes is 1. The number of hydrogen-bond donors (Lipinski definition) is 0. The molecular formula is C29H37O4P. The Kier molecular flexibility index (Phi) is 6.64. The summed E-state index contributed by atoms with van der Waals surface area (Å²) < 4.78 is 16.9. The normalized spacial score (nSPS) is 31.7. The summed E-state index contributed by atoms with van der Waals surface area (Å²) in [6.07, 6.45) is 8.31. The van der Waals surface area contributed by atoms with Crippen molar-refractivity contribution in [3.05, 3.63) is 53.1 Å². The zero-order valence-corrected chi connectivity index (χ0v) is 21.7. The first-order chi connectivity index (χ1) is 16.5. The van der Waals surface area contributed by atoms with E-state index < -0.39 is 0 Å². The second kappa shape index (κ2) is 9.53. The topological polar surface area (TPSA) is 44.8 Å². The lowest BCUT2D eigenvalue weighted by molar-refractivity contribution is 0.000928. The highest BCUT2D eigenvalue weighted by molar-refractivity contribution is 7.10. The fraction of sp³-hybridized carbons (Fsp3) is 0.552. The van der Waals surface area contributed by atoms with Crippen LogP contribution < -0.4 is 14.0 Å². The van der Waals surface area contributed by atoms with Crippen LogP contribution in [0.4, 0.5) is 0 Å². The van der Waals surface area contributed by atoms with Crippen molar-refractivity contribution in [3.63, 3.8) is 0 Å². The molecule has 6 unspecified atom stereocenters. The molecule has 0 N–H and O–H groups in total. The first kappa shape index (κ1) is 23.7. The van der Waals surface area contributed by atoms with Crippen molar-refractivity contribution in [3.8, 4) is 17.2 Å². The summed E-state index contributed by atoms with van der Waals surface area (Å²) in [4.78, 5) is 11.1. The first-order valence-corrected chi connectivity index (χ1v) is 13.2. The molecule has 5 heteroatoms. The van der Waals surface area contributed by atoms with Crippen LogP contribution in [-0.4, -0.2) is 20.0 Å². The Hall–Kier alpha value is -2.06. The highest BCUT2D eigenvalue weighted by Gasteiger charge is 2.55. The maximum atomic E-state index is 11.1. The SMILES string of the molecule is COc1cc(OCC[C@H]2CCC3C4C(C)Cc5cc(OP)ccc5C4CCC32C)ccc1C=O. The van der Waals surface area contributed by atoms with E-state index in [0.29, 0.717) is 41.1 Å². The maximum absolute atomic E-state index is 11.1. The fourth-order valence-electron chi connectivity index (χ4n) is 7.81. The maximum Gasteiger partial charge on any atom is 0.153 e. The molecular weight excluding hydrogens is 443 g/mol. The van der Waals surface area contributed by atoms with Crippen molar-refractivity contribution in [1.82, 2.24) is 0 Å². The van der Waals surface area contributed by atoms with Gasteiger partial charge >= 0.3 is 0 Å². The van der Waals surface area contributed by atoms with Gasteiger partial charge in [0.2, 0.25) is 0 Å². The number of carbonyl (C=O) groups excluding carboxylic acids is 1. The van der Waals surface area contributed by atoms with Gasteiger partial charge in [0.1, 0.15) is 17.2 Å². The highest BCUT2D eigenvalue weighted by Crippen LogP contribution is 2.64. The summed E-state index contributed by atoms with van der Waals surface area (Å²) >= 11 is 0. The Morgan fingerprint density at radius 3 is 2.71 bits per heavy atom. The molecule has 0 saturated heterocycles. The van der Waals surface area contributed by atoms with Gasteiger partial charge in [0.25, 0.3) is 0 Å². The molecule has 182 valence electrons. The number of fused-ring (bicyclic) bond motifs is 5. The van der Waals surface area contributed by atoms with Crippen LogP contribution in [0.15, 0.2) is 36.4 Å². The van der Waals surface area contributed by atoms with Crippen molar-refractivity contribution < 1.29 is 18.8 Å². The van der Waals surface area contributed by atoms with Crippen LogP contribution in [0.2, 0.25) is 0 Å². The first-order valence-electron chi connectivity index (χ1n) is 12.7. The summed E-state index contributed by atoms with van der Waals surface area (Å²) in [7, 11) is 3.96. The van der Waals surface area contributed by atoms with Gasteiger partial charge in [-0.15, -0.1) is 0 Å². The Balaban J connectivity index is 1.27. The molecule has 4 nitrogen and oxygen atoms in total. The van der Waals surface area contributed by atoms with Crippen LogP contribution in [-0.2, 0) is 6.42 Å². The summed E-state index contributed by atoms with van der Waals surface area (Å²) in [5, 5.41) is 0. The van der Waals surface area contributed by atoms with Gasteiger partial charge in [0.05, 0.1) is 28.7 Å². The van der Waals surface area contributed by atoms with Crippen LogP contribution in [0.3, 0.4) is 0 Å². The average Bonchev–Trinajstić information content (AvgIpc) is 3.19. The number of benzene rings is 2. The molecule has 7 atom stereocenters. The van der Waals surface area contributed by atoms with E-state index in [1.807, 2.05) is 12.1 Å². The van der Waals surface area contributed by atoms with Crippen LogP contribution >= 0.6 is 9.47 Å². The number of ether oxygens (including phenoxy) is 2. The third kappa shape index (κ3) is 4.02. The number of carbonyl (C=O) groups is 1. The molecule has 0 spiro atoms. The van der Waals surface area contributed by atoms with Crippen molar-refractivity contribution >= 4 is 15.8 Å². The molecule has 0 heterocycles. The van der Waals surface area contributed by atoms with Crippen LogP contribution in [0.25, 0.3) is 0 Å². The molecule has 0 aliphatic heterocycles. The Labute approximate surface area is 206 Å². The van der Waals surface area contributed by atoms with E-state index in [2.05, 4.69) is 41.5 Å². The van der Waals surface area contributed by atoms with E-state index in [4.69, 9.17) is 14.0 Å². The summed E-state index contributed by atoms with van der Waals surface area (Å²) in [5.41, 5.74) is 4.03. The lowest BCUT2D eigenvalue weighted by Crippen LogP contribution is -2.45. The van der Waals surface area contributed by atoms with E-state index in [1.165, 1.54) is 31.2 Å². The lowest BCUT2D eigenvalue weighted by Gasteiger charge is -2.53. The second-order valence-corrected chi connectivity index (χ2v) is 11.2. The number of hydrogen-bond acceptors (Lipinski definition) is 4. The summed E-state index contributed by atoms with van der Waals surface area (Å²) in [6.45, 7) is 5.76. The molecule has 2 aromatic carbocycles. The predicted molar refractivity (Wildman–Crippen MR) is 138 cm³/mol. The van der Waals surface area contributed by atoms with E-state index in [-0.39, 0.29) is 0 Å². The van der Waals surface area contributed by atoms with Crippen LogP contribution in [0.1, 0.15) is 73.4 Å². The van der Waals surface area contributed by atoms with Gasteiger partial charge in [0.15, 0.2) is 6.29 Å². The fourth-order valence-corrected chi connectivity index (χ4v) is 7.96. The smallest absolute Gasteiger partial charge is 0.153 e. The van der Waals surface area contributed by atoms with E-state index in [9.17, 15) is 4.79 Å². The summed E-state index contributed by atoms with van der Waals surface area (Å²) in [5.74, 6) is 5.98. The number of rotatable bonds is 7. The van der Waals surface area contributed by atoms with Gasteiger partial charge in [-0.3, -0.25) is 4.79 Å². The third-order valence-electron chi connectivity index (χ3n) is 9.44. The van der Waals surface area contributed by atoms with Gasteiger partial charge in [-0.1, -0.05) is 19.9 Å². The zero-order chi connectivity index (χ0) is 23.9. The molecule has 2 aromatic rings. The second-order valence-electron chi connectivity index (χ2n) is 10.9. The van der Waals surface area contributed by atoms with Crippen LogP contribution in [0, 0.1) is 29.1 Å².